The molecule has 0 aromatic heterocycles. The van der Waals surface area contributed by atoms with Crippen molar-refractivity contribution in [3.05, 3.63) is 0 Å². The molecule has 0 aromatic carbocycles. The molecule has 30 heavy (non-hydrogen) atoms. The maximum absolute atomic E-state index is 11.2. The Kier molecular flexibility index (Phi) is 23.2. The third-order valence-corrected chi connectivity index (χ3v) is 3.82. The summed E-state index contributed by atoms with van der Waals surface area (Å²) in [4.78, 5) is 45.0. The molecule has 1 amide bonds. The van der Waals surface area contributed by atoms with Gasteiger partial charge in [-0.2, -0.15) is 5.26 Å². The highest BCUT2D eigenvalue weighted by Gasteiger charge is 2.36. The number of nitriles is 1. The van der Waals surface area contributed by atoms with Crippen LogP contribution in [0.2, 0.25) is 0 Å². The Balaban J connectivity index is 0. The van der Waals surface area contributed by atoms with Gasteiger partial charge < -0.3 is 14.4 Å². The first-order valence-electron chi connectivity index (χ1n) is 8.47. The van der Waals surface area contributed by atoms with Gasteiger partial charge in [0.2, 0.25) is 5.91 Å². The molecule has 172 valence electrons. The first-order chi connectivity index (χ1) is 14.1. The lowest BCUT2D eigenvalue weighted by molar-refractivity contribution is -0.148. The minimum Gasteiger partial charge on any atom is -0.469 e. The number of ketones is 1. The van der Waals surface area contributed by atoms with Crippen LogP contribution in [-0.2, 0) is 28.7 Å². The molecule has 0 radical (unpaired) electrons. The maximum Gasteiger partial charge on any atom is 0.328 e. The summed E-state index contributed by atoms with van der Waals surface area (Å²) in [5.41, 5.74) is 0. The van der Waals surface area contributed by atoms with Crippen LogP contribution in [0.15, 0.2) is 0 Å². The number of rotatable bonds is 3. The lowest BCUT2D eigenvalue weighted by Gasteiger charge is -2.18. The highest BCUT2D eigenvalue weighted by Crippen LogP contribution is 2.22. The van der Waals surface area contributed by atoms with E-state index in [1.165, 1.54) is 21.6 Å². The summed E-state index contributed by atoms with van der Waals surface area (Å²) in [6.45, 7) is -0.0431. The van der Waals surface area contributed by atoms with Crippen LogP contribution in [0.1, 0.15) is 32.1 Å². The van der Waals surface area contributed by atoms with E-state index < -0.39 is 12.0 Å². The van der Waals surface area contributed by atoms with E-state index in [2.05, 4.69) is 122 Å². The maximum atomic E-state index is 11.2. The molecule has 13 heteroatoms. The third-order valence-electron chi connectivity index (χ3n) is 3.82. The minimum absolute atomic E-state index is 0.0431. The normalized spacial score (nSPS) is 19.4. The van der Waals surface area contributed by atoms with Crippen molar-refractivity contribution in [3.8, 4) is 6.07 Å². The zero-order chi connectivity index (χ0) is 23.7. The lowest BCUT2D eigenvalue weighted by Crippen LogP contribution is -2.39. The Bertz CT molecular complexity index is 597. The Morgan fingerprint density at radius 2 is 1.60 bits per heavy atom. The molecule has 1 aliphatic carbocycles. The van der Waals surface area contributed by atoms with E-state index in [4.69, 9.17) is 5.26 Å². The number of carbonyl (C=O) groups is 4. The van der Waals surface area contributed by atoms with E-state index in [0.717, 1.165) is -0.0619 Å². The van der Waals surface area contributed by atoms with E-state index in [-0.39, 0.29) is 30.1 Å². The molecule has 8 nitrogen and oxygen atoms in total. The monoisotopic (exact) mass is 986 g/mol. The molecule has 0 unspecified atom stereocenters. The van der Waals surface area contributed by atoms with E-state index in [1.807, 2.05) is 6.07 Å². The van der Waals surface area contributed by atoms with Gasteiger partial charge in [0, 0.05) is 19.3 Å². The molecule has 0 bridgehead atoms. The van der Waals surface area contributed by atoms with Crippen LogP contribution in [0.5, 0.6) is 0 Å². The quantitative estimate of drug-likeness (QED) is 0.176. The molecule has 2 aliphatic rings. The second-order valence-electron chi connectivity index (χ2n) is 5.61. The molecule has 1 saturated heterocycles. The number of halogens is 5. The summed E-state index contributed by atoms with van der Waals surface area (Å²) in [6, 6.07) is 1.29. The van der Waals surface area contributed by atoms with E-state index >= 15 is 0 Å². The number of hydrogen-bond donors (Lipinski definition) is 0. The summed E-state index contributed by atoms with van der Waals surface area (Å²) in [6.07, 6.45) is 2.37. The van der Waals surface area contributed by atoms with Crippen molar-refractivity contribution in [2.24, 2.45) is 5.92 Å². The molecule has 0 aromatic rings. The molecule has 2 rings (SSSR count). The van der Waals surface area contributed by atoms with Crippen molar-refractivity contribution >= 4 is 137 Å². The third kappa shape index (κ3) is 15.9. The molecular weight excluding hydrogens is 963 g/mol. The number of Topliss-reactive ketones (excluding diaryl/α,β-unsaturated/α-hetero) is 1. The number of esters is 2. The largest absolute Gasteiger partial charge is 0.469 e. The average molecular weight is 986 g/mol. The van der Waals surface area contributed by atoms with E-state index in [1.54, 1.807) is 0 Å². The number of alkyl halides is 5. The lowest BCUT2D eigenvalue weighted by atomic mass is 10.1. The second kappa shape index (κ2) is 20.8. The number of carbonyl (C=O) groups excluding carboxylic acids is 4. The highest BCUT2D eigenvalue weighted by molar-refractivity contribution is 14.3. The molecule has 1 saturated carbocycles. The second-order valence-corrected chi connectivity index (χ2v) is 20.9. The number of likely N-dealkylation sites (tertiary alicyclic amines) is 1. The summed E-state index contributed by atoms with van der Waals surface area (Å²) in [5.74, 6) is -0.822. The zero-order valence-corrected chi connectivity index (χ0v) is 27.2. The highest BCUT2D eigenvalue weighted by atomic mass is 127. The molecule has 2 atom stereocenters. The predicted octanol–water partition coefficient (Wildman–Crippen LogP) is 4.59. The van der Waals surface area contributed by atoms with Gasteiger partial charge in [-0.15, -0.1) is 0 Å². The van der Waals surface area contributed by atoms with Gasteiger partial charge >= 0.3 is 11.9 Å². The summed E-state index contributed by atoms with van der Waals surface area (Å²) in [7, 11) is 2.63. The number of amides is 1. The first-order valence-corrected chi connectivity index (χ1v) is 15.3. The zero-order valence-electron chi connectivity index (χ0n) is 16.4. The van der Waals surface area contributed by atoms with Crippen molar-refractivity contribution in [3.63, 3.8) is 0 Å². The topological polar surface area (TPSA) is 114 Å². The van der Waals surface area contributed by atoms with Crippen LogP contribution in [-0.4, -0.2) is 57.7 Å². The van der Waals surface area contributed by atoms with Crippen LogP contribution in [0, 0.1) is 17.2 Å². The van der Waals surface area contributed by atoms with Gasteiger partial charge in [0.15, 0.2) is 0 Å². The number of nitrogens with zero attached hydrogens (tertiary/aromatic N) is 2. The minimum atomic E-state index is -0.558. The summed E-state index contributed by atoms with van der Waals surface area (Å²) in [5, 5.41) is 8.42. The van der Waals surface area contributed by atoms with Crippen molar-refractivity contribution in [2.75, 3.05) is 23.2 Å². The summed E-state index contributed by atoms with van der Waals surface area (Å²) >= 11 is 11.5. The molecular formula is C17H23I5N2O6. The molecule has 2 fully saturated rings. The molecule has 0 N–H and O–H groups in total. The average Bonchev–Trinajstić information content (AvgIpc) is 3.28. The molecule has 0 spiro atoms. The Morgan fingerprint density at radius 3 is 1.97 bits per heavy atom. The Hall–Kier alpha value is 1.22. The van der Waals surface area contributed by atoms with Crippen LogP contribution >= 0.6 is 113 Å². The van der Waals surface area contributed by atoms with Crippen LogP contribution in [0.25, 0.3) is 0 Å². The van der Waals surface area contributed by atoms with Gasteiger partial charge in [-0.3, -0.25) is 14.4 Å². The van der Waals surface area contributed by atoms with Gasteiger partial charge in [-0.1, -0.05) is 113 Å². The van der Waals surface area contributed by atoms with Crippen LogP contribution < -0.4 is 0 Å². The van der Waals surface area contributed by atoms with Crippen molar-refractivity contribution in [2.45, 2.75) is 38.1 Å². The van der Waals surface area contributed by atoms with Gasteiger partial charge in [0.1, 0.15) is 18.3 Å². The number of ether oxygens (including phenoxy) is 2. The SMILES string of the molecule is COC(=O)[C@@H]1CCC(=O)C1.COC(=O)[C@@H]1CCC(=O)N1CC#N.IC(I)I.ICI. The van der Waals surface area contributed by atoms with Gasteiger partial charge in [-0.05, 0) is 12.8 Å². The first kappa shape index (κ1) is 33.4. The van der Waals surface area contributed by atoms with Crippen molar-refractivity contribution in [1.29, 1.82) is 5.26 Å². The van der Waals surface area contributed by atoms with E-state index in [9.17, 15) is 19.2 Å². The van der Waals surface area contributed by atoms with Crippen LogP contribution in [0.4, 0.5) is 0 Å². The predicted molar refractivity (Wildman–Crippen MR) is 155 cm³/mol. The number of hydrogen-bond acceptors (Lipinski definition) is 7. The smallest absolute Gasteiger partial charge is 0.328 e. The van der Waals surface area contributed by atoms with Crippen molar-refractivity contribution < 1.29 is 28.7 Å². The Labute approximate surface area is 245 Å². The standard InChI is InChI=1S/C8H10N2O3.C7H10O3.CHI3.CH2I2/c1-13-8(12)6-2-3-7(11)10(6)5-4-9;1-10-7(9)5-2-3-6(8)4-5;2-1(3)4;2-1-3/h6H,2-3,5H2,1H3;5H,2-4H2,1H3;1H;1H2/t6-;5-;;/m01../s1. The molecule has 1 aliphatic heterocycles. The fraction of sp³-hybridized carbons (Fsp3) is 0.706. The fourth-order valence-corrected chi connectivity index (χ4v) is 2.57. The van der Waals surface area contributed by atoms with Gasteiger partial charge in [-0.25, -0.2) is 4.79 Å². The number of methoxy groups -OCH3 is 2. The van der Waals surface area contributed by atoms with Crippen molar-refractivity contribution in [1.82, 2.24) is 4.90 Å². The van der Waals surface area contributed by atoms with E-state index in [0.29, 0.717) is 32.1 Å². The van der Waals surface area contributed by atoms with Gasteiger partial charge in [0.05, 0.1) is 28.6 Å². The van der Waals surface area contributed by atoms with Crippen LogP contribution in [0.3, 0.4) is 0 Å². The fourth-order valence-electron chi connectivity index (χ4n) is 2.57. The molecule has 1 heterocycles. The Morgan fingerprint density at radius 1 is 1.10 bits per heavy atom. The van der Waals surface area contributed by atoms with Gasteiger partial charge in [0.25, 0.3) is 0 Å². The summed E-state index contributed by atoms with van der Waals surface area (Å²) < 4.78 is 10.9.